The maximum absolute atomic E-state index is 12.4. The number of amides is 2. The molecule has 154 valence electrons. The molecular formula is C17H23N3O8. The first-order valence-electron chi connectivity index (χ1n) is 8.28. The zero-order chi connectivity index (χ0) is 21.4. The van der Waals surface area contributed by atoms with Crippen molar-refractivity contribution in [1.82, 2.24) is 10.6 Å². The molecule has 8 N–H and O–H groups in total. The lowest BCUT2D eigenvalue weighted by Crippen LogP contribution is -2.57. The highest BCUT2D eigenvalue weighted by Crippen LogP contribution is 2.11. The Kier molecular flexibility index (Phi) is 8.35. The van der Waals surface area contributed by atoms with E-state index in [1.807, 2.05) is 0 Å². The lowest BCUT2D eigenvalue weighted by Gasteiger charge is -2.22. The molecule has 0 aliphatic heterocycles. The molecule has 0 aliphatic rings. The molecule has 1 rings (SSSR count). The molecule has 1 aromatic carbocycles. The van der Waals surface area contributed by atoms with E-state index in [1.54, 1.807) is 0 Å². The van der Waals surface area contributed by atoms with Gasteiger partial charge in [0.2, 0.25) is 11.8 Å². The number of phenolic OH excluding ortho intramolecular Hbond substituents is 1. The van der Waals surface area contributed by atoms with Gasteiger partial charge in [-0.1, -0.05) is 12.1 Å². The van der Waals surface area contributed by atoms with Gasteiger partial charge in [0.05, 0.1) is 12.5 Å². The number of aliphatic carboxylic acids is 2. The number of aliphatic hydroxyl groups excluding tert-OH is 1. The van der Waals surface area contributed by atoms with Crippen LogP contribution >= 0.6 is 0 Å². The molecule has 2 amide bonds. The van der Waals surface area contributed by atoms with Gasteiger partial charge in [0.1, 0.15) is 23.9 Å². The van der Waals surface area contributed by atoms with Crippen LogP contribution in [0.1, 0.15) is 18.9 Å². The van der Waals surface area contributed by atoms with E-state index in [1.165, 1.54) is 31.2 Å². The van der Waals surface area contributed by atoms with Crippen LogP contribution in [0.5, 0.6) is 5.75 Å². The lowest BCUT2D eigenvalue weighted by atomic mass is 10.0. The summed E-state index contributed by atoms with van der Waals surface area (Å²) in [6, 6.07) is 1.25. The van der Waals surface area contributed by atoms with Gasteiger partial charge in [0, 0.05) is 6.42 Å². The molecule has 0 saturated carbocycles. The Hall–Kier alpha value is -3.18. The Morgan fingerprint density at radius 1 is 1.00 bits per heavy atom. The average Bonchev–Trinajstić information content (AvgIpc) is 2.60. The Labute approximate surface area is 160 Å². The van der Waals surface area contributed by atoms with E-state index in [0.29, 0.717) is 5.56 Å². The van der Waals surface area contributed by atoms with Crippen molar-refractivity contribution in [3.05, 3.63) is 29.8 Å². The molecule has 0 bridgehead atoms. The second-order valence-corrected chi connectivity index (χ2v) is 6.20. The number of aromatic hydroxyl groups is 1. The summed E-state index contributed by atoms with van der Waals surface area (Å²) in [5, 5.41) is 41.1. The molecule has 0 aliphatic carbocycles. The van der Waals surface area contributed by atoms with E-state index < -0.39 is 54.4 Å². The van der Waals surface area contributed by atoms with E-state index >= 15 is 0 Å². The van der Waals surface area contributed by atoms with Crippen molar-refractivity contribution in [1.29, 1.82) is 0 Å². The second kappa shape index (κ2) is 10.2. The highest BCUT2D eigenvalue weighted by molar-refractivity contribution is 5.94. The van der Waals surface area contributed by atoms with Crippen molar-refractivity contribution in [3.8, 4) is 5.75 Å². The summed E-state index contributed by atoms with van der Waals surface area (Å²) in [6.45, 7) is 1.24. The number of benzene rings is 1. The smallest absolute Gasteiger partial charge is 0.326 e. The topological polar surface area (TPSA) is 199 Å². The molecule has 4 atom stereocenters. The number of carboxylic acid groups (broad SMARTS) is 2. The van der Waals surface area contributed by atoms with Gasteiger partial charge in [-0.25, -0.2) is 4.79 Å². The summed E-state index contributed by atoms with van der Waals surface area (Å²) in [6.07, 6.45) is -2.19. The Bertz CT molecular complexity index is 720. The van der Waals surface area contributed by atoms with Crippen molar-refractivity contribution >= 4 is 23.8 Å². The van der Waals surface area contributed by atoms with Crippen LogP contribution < -0.4 is 16.4 Å². The molecule has 0 heterocycles. The third-order valence-electron chi connectivity index (χ3n) is 3.82. The zero-order valence-electron chi connectivity index (χ0n) is 15.0. The van der Waals surface area contributed by atoms with Crippen molar-refractivity contribution in [2.24, 2.45) is 5.73 Å². The molecule has 0 fully saturated rings. The number of carbonyl (C=O) groups excluding carboxylic acids is 2. The SMILES string of the molecule is C[C@@H](O)[C@H](N)C(=O)N[C@@H](CC(=O)O)C(=O)NC(Cc1ccc(O)cc1)C(=O)O. The van der Waals surface area contributed by atoms with Crippen molar-refractivity contribution < 1.29 is 39.6 Å². The molecule has 28 heavy (non-hydrogen) atoms. The number of aliphatic hydroxyl groups is 1. The largest absolute Gasteiger partial charge is 0.508 e. The first kappa shape index (κ1) is 22.9. The van der Waals surface area contributed by atoms with Crippen LogP contribution in [0.4, 0.5) is 0 Å². The summed E-state index contributed by atoms with van der Waals surface area (Å²) >= 11 is 0. The van der Waals surface area contributed by atoms with Crippen LogP contribution in [0.3, 0.4) is 0 Å². The molecular weight excluding hydrogens is 374 g/mol. The molecule has 11 heteroatoms. The number of hydrogen-bond donors (Lipinski definition) is 7. The van der Waals surface area contributed by atoms with E-state index in [-0.39, 0.29) is 12.2 Å². The highest BCUT2D eigenvalue weighted by Gasteiger charge is 2.30. The number of carboxylic acids is 2. The predicted molar refractivity (Wildman–Crippen MR) is 95.2 cm³/mol. The van der Waals surface area contributed by atoms with Gasteiger partial charge in [0.15, 0.2) is 0 Å². The van der Waals surface area contributed by atoms with Crippen LogP contribution in [0.15, 0.2) is 24.3 Å². The van der Waals surface area contributed by atoms with Crippen LogP contribution in [0.25, 0.3) is 0 Å². The quantitative estimate of drug-likeness (QED) is 0.237. The highest BCUT2D eigenvalue weighted by atomic mass is 16.4. The van der Waals surface area contributed by atoms with Gasteiger partial charge < -0.3 is 36.8 Å². The van der Waals surface area contributed by atoms with Crippen molar-refractivity contribution in [2.45, 2.75) is 44.0 Å². The number of rotatable bonds is 10. The van der Waals surface area contributed by atoms with Crippen LogP contribution in [0.2, 0.25) is 0 Å². The number of hydrogen-bond acceptors (Lipinski definition) is 7. The summed E-state index contributed by atoms with van der Waals surface area (Å²) in [7, 11) is 0. The lowest BCUT2D eigenvalue weighted by molar-refractivity contribution is -0.143. The monoisotopic (exact) mass is 397 g/mol. The van der Waals surface area contributed by atoms with Gasteiger partial charge in [-0.15, -0.1) is 0 Å². The first-order valence-corrected chi connectivity index (χ1v) is 8.28. The van der Waals surface area contributed by atoms with E-state index in [0.717, 1.165) is 0 Å². The molecule has 11 nitrogen and oxygen atoms in total. The third-order valence-corrected chi connectivity index (χ3v) is 3.82. The minimum atomic E-state index is -1.59. The average molecular weight is 397 g/mol. The minimum Gasteiger partial charge on any atom is -0.508 e. The maximum atomic E-state index is 12.4. The summed E-state index contributed by atoms with van der Waals surface area (Å²) in [5.74, 6) is -4.78. The van der Waals surface area contributed by atoms with E-state index in [9.17, 15) is 34.5 Å². The standard InChI is InChI=1S/C17H23N3O8/c1-8(21)14(18)16(26)19-11(7-13(23)24)15(25)20-12(17(27)28)6-9-2-4-10(22)5-3-9/h2-5,8,11-12,14,21-22H,6-7,18H2,1H3,(H,19,26)(H,20,25)(H,23,24)(H,27,28)/t8-,11+,12?,14+/m1/s1. The van der Waals surface area contributed by atoms with Crippen molar-refractivity contribution in [2.75, 3.05) is 0 Å². The number of carbonyl (C=O) groups is 4. The van der Waals surface area contributed by atoms with E-state index in [4.69, 9.17) is 10.8 Å². The normalized spacial score (nSPS) is 15.0. The predicted octanol–water partition coefficient (Wildman–Crippen LogP) is -1.83. The number of phenols is 1. The fraction of sp³-hybridized carbons (Fsp3) is 0.412. The fourth-order valence-electron chi connectivity index (χ4n) is 2.21. The van der Waals surface area contributed by atoms with Crippen LogP contribution in [-0.4, -0.2) is 68.4 Å². The molecule has 0 radical (unpaired) electrons. The van der Waals surface area contributed by atoms with Gasteiger partial charge in [0.25, 0.3) is 0 Å². The van der Waals surface area contributed by atoms with Gasteiger partial charge in [-0.05, 0) is 24.6 Å². The van der Waals surface area contributed by atoms with Gasteiger partial charge in [-0.3, -0.25) is 14.4 Å². The summed E-state index contributed by atoms with van der Waals surface area (Å²) in [5.41, 5.74) is 5.95. The second-order valence-electron chi connectivity index (χ2n) is 6.20. The maximum Gasteiger partial charge on any atom is 0.326 e. The minimum absolute atomic E-state index is 0.0154. The van der Waals surface area contributed by atoms with Crippen LogP contribution in [0, 0.1) is 0 Å². The first-order chi connectivity index (χ1) is 13.0. The van der Waals surface area contributed by atoms with Crippen LogP contribution in [-0.2, 0) is 25.6 Å². The number of nitrogens with one attached hydrogen (secondary N) is 2. The van der Waals surface area contributed by atoms with E-state index in [2.05, 4.69) is 10.6 Å². The van der Waals surface area contributed by atoms with Gasteiger partial charge in [-0.2, -0.15) is 0 Å². The Morgan fingerprint density at radius 3 is 2.00 bits per heavy atom. The number of nitrogens with two attached hydrogens (primary N) is 1. The molecule has 0 spiro atoms. The molecule has 1 unspecified atom stereocenters. The zero-order valence-corrected chi connectivity index (χ0v) is 15.0. The molecule has 0 aromatic heterocycles. The fourth-order valence-corrected chi connectivity index (χ4v) is 2.21. The summed E-state index contributed by atoms with van der Waals surface area (Å²) in [4.78, 5) is 46.7. The van der Waals surface area contributed by atoms with Crippen molar-refractivity contribution in [3.63, 3.8) is 0 Å². The Morgan fingerprint density at radius 2 is 1.54 bits per heavy atom. The molecule has 0 saturated heterocycles. The van der Waals surface area contributed by atoms with Gasteiger partial charge >= 0.3 is 11.9 Å². The third kappa shape index (κ3) is 7.21. The summed E-state index contributed by atoms with van der Waals surface area (Å²) < 4.78 is 0. The Balaban J connectivity index is 2.89. The molecule has 1 aromatic rings.